The highest BCUT2D eigenvalue weighted by atomic mass is 32.1. The van der Waals surface area contributed by atoms with Crippen molar-refractivity contribution in [2.24, 2.45) is 5.92 Å². The quantitative estimate of drug-likeness (QED) is 0.869. The SMILES string of the molecule is CCc1nc(C2CCCOC2)sc1CNCC(C)C. The number of rotatable bonds is 6. The molecule has 19 heavy (non-hydrogen) atoms. The largest absolute Gasteiger partial charge is 0.381 e. The van der Waals surface area contributed by atoms with Gasteiger partial charge >= 0.3 is 0 Å². The molecule has 0 radical (unpaired) electrons. The highest BCUT2D eigenvalue weighted by Crippen LogP contribution is 2.31. The van der Waals surface area contributed by atoms with Crippen LogP contribution >= 0.6 is 11.3 Å². The molecule has 1 N–H and O–H groups in total. The van der Waals surface area contributed by atoms with E-state index < -0.39 is 0 Å². The fraction of sp³-hybridized carbons (Fsp3) is 0.800. The van der Waals surface area contributed by atoms with Crippen LogP contribution in [-0.2, 0) is 17.7 Å². The first kappa shape index (κ1) is 14.9. The van der Waals surface area contributed by atoms with Gasteiger partial charge in [-0.15, -0.1) is 11.3 Å². The molecule has 1 saturated heterocycles. The molecule has 108 valence electrons. The van der Waals surface area contributed by atoms with Crippen LogP contribution in [0.2, 0.25) is 0 Å². The maximum absolute atomic E-state index is 5.58. The minimum atomic E-state index is 0.530. The number of nitrogens with zero attached hydrogens (tertiary/aromatic N) is 1. The maximum Gasteiger partial charge on any atom is 0.0985 e. The zero-order chi connectivity index (χ0) is 13.7. The molecule has 1 aromatic rings. The molecule has 0 bridgehead atoms. The van der Waals surface area contributed by atoms with Crippen molar-refractivity contribution in [3.8, 4) is 0 Å². The van der Waals surface area contributed by atoms with Gasteiger partial charge in [-0.1, -0.05) is 20.8 Å². The molecule has 1 aromatic heterocycles. The van der Waals surface area contributed by atoms with Crippen LogP contribution in [0, 0.1) is 5.92 Å². The lowest BCUT2D eigenvalue weighted by Crippen LogP contribution is -2.18. The summed E-state index contributed by atoms with van der Waals surface area (Å²) in [6, 6.07) is 0. The van der Waals surface area contributed by atoms with E-state index in [-0.39, 0.29) is 0 Å². The average molecular weight is 282 g/mol. The van der Waals surface area contributed by atoms with Crippen LogP contribution in [0.3, 0.4) is 0 Å². The molecule has 0 aliphatic carbocycles. The van der Waals surface area contributed by atoms with Crippen molar-refractivity contribution in [2.45, 2.75) is 52.5 Å². The van der Waals surface area contributed by atoms with Gasteiger partial charge in [-0.25, -0.2) is 4.98 Å². The van der Waals surface area contributed by atoms with Gasteiger partial charge in [-0.3, -0.25) is 0 Å². The van der Waals surface area contributed by atoms with E-state index in [1.807, 2.05) is 11.3 Å². The van der Waals surface area contributed by atoms with Crippen molar-refractivity contribution in [1.82, 2.24) is 10.3 Å². The summed E-state index contributed by atoms with van der Waals surface area (Å²) in [6.45, 7) is 10.5. The molecule has 1 aliphatic heterocycles. The normalized spacial score (nSPS) is 20.1. The minimum absolute atomic E-state index is 0.530. The minimum Gasteiger partial charge on any atom is -0.381 e. The second-order valence-electron chi connectivity index (χ2n) is 5.71. The molecule has 0 spiro atoms. The molecule has 4 heteroatoms. The van der Waals surface area contributed by atoms with E-state index in [4.69, 9.17) is 9.72 Å². The lowest BCUT2D eigenvalue weighted by Gasteiger charge is -2.19. The van der Waals surface area contributed by atoms with Crippen molar-refractivity contribution in [2.75, 3.05) is 19.8 Å². The number of ether oxygens (including phenoxy) is 1. The third-order valence-electron chi connectivity index (χ3n) is 3.48. The molecule has 1 fully saturated rings. The van der Waals surface area contributed by atoms with Gasteiger partial charge in [-0.05, 0) is 31.7 Å². The molecule has 0 amide bonds. The number of aryl methyl sites for hydroxylation is 1. The van der Waals surface area contributed by atoms with Crippen LogP contribution in [0.15, 0.2) is 0 Å². The van der Waals surface area contributed by atoms with Crippen molar-refractivity contribution >= 4 is 11.3 Å². The highest BCUT2D eigenvalue weighted by molar-refractivity contribution is 7.11. The number of thiazole rings is 1. The second kappa shape index (κ2) is 7.36. The summed E-state index contributed by atoms with van der Waals surface area (Å²) in [5.74, 6) is 1.23. The summed E-state index contributed by atoms with van der Waals surface area (Å²) in [6.07, 6.45) is 3.44. The topological polar surface area (TPSA) is 34.1 Å². The zero-order valence-electron chi connectivity index (χ0n) is 12.4. The molecule has 0 saturated carbocycles. The molecule has 2 rings (SSSR count). The Balaban J connectivity index is 1.99. The van der Waals surface area contributed by atoms with Gasteiger partial charge < -0.3 is 10.1 Å². The van der Waals surface area contributed by atoms with Crippen LogP contribution < -0.4 is 5.32 Å². The van der Waals surface area contributed by atoms with Crippen molar-refractivity contribution in [1.29, 1.82) is 0 Å². The smallest absolute Gasteiger partial charge is 0.0985 e. The number of nitrogens with one attached hydrogen (secondary N) is 1. The van der Waals surface area contributed by atoms with Crippen LogP contribution in [0.1, 0.15) is 55.1 Å². The van der Waals surface area contributed by atoms with Gasteiger partial charge in [-0.2, -0.15) is 0 Å². The summed E-state index contributed by atoms with van der Waals surface area (Å²) in [4.78, 5) is 6.27. The predicted octanol–water partition coefficient (Wildman–Crippen LogP) is 3.35. The lowest BCUT2D eigenvalue weighted by atomic mass is 10.0. The summed E-state index contributed by atoms with van der Waals surface area (Å²) >= 11 is 1.89. The standard InChI is InChI=1S/C15H26N2OS/c1-4-13-14(9-16-8-11(2)3)19-15(17-13)12-6-5-7-18-10-12/h11-12,16H,4-10H2,1-3H3. The van der Waals surface area contributed by atoms with Crippen molar-refractivity contribution in [3.63, 3.8) is 0 Å². The summed E-state index contributed by atoms with van der Waals surface area (Å²) in [5.41, 5.74) is 1.28. The first-order valence-corrected chi connectivity index (χ1v) is 8.29. The van der Waals surface area contributed by atoms with Crippen molar-refractivity contribution in [3.05, 3.63) is 15.6 Å². The zero-order valence-corrected chi connectivity index (χ0v) is 13.2. The fourth-order valence-corrected chi connectivity index (χ4v) is 3.65. The van der Waals surface area contributed by atoms with Gasteiger partial charge in [0.05, 0.1) is 17.3 Å². The van der Waals surface area contributed by atoms with Crippen LogP contribution in [0.5, 0.6) is 0 Å². The van der Waals surface area contributed by atoms with Gasteiger partial charge in [0.15, 0.2) is 0 Å². The highest BCUT2D eigenvalue weighted by Gasteiger charge is 2.21. The molecule has 3 nitrogen and oxygen atoms in total. The monoisotopic (exact) mass is 282 g/mol. The van der Waals surface area contributed by atoms with Crippen molar-refractivity contribution < 1.29 is 4.74 Å². The van der Waals surface area contributed by atoms with Gasteiger partial charge in [0, 0.05) is 23.9 Å². The summed E-state index contributed by atoms with van der Waals surface area (Å²) in [5, 5.41) is 4.82. The Morgan fingerprint density at radius 3 is 2.95 bits per heavy atom. The molecule has 1 atom stereocenters. The molecular formula is C15H26N2OS. The third kappa shape index (κ3) is 4.26. The van der Waals surface area contributed by atoms with E-state index in [0.717, 1.165) is 32.7 Å². The Labute approximate surface area is 120 Å². The molecule has 1 aliphatic rings. The third-order valence-corrected chi connectivity index (χ3v) is 4.74. The maximum atomic E-state index is 5.58. The Kier molecular flexibility index (Phi) is 5.79. The van der Waals surface area contributed by atoms with Crippen LogP contribution in [0.4, 0.5) is 0 Å². The predicted molar refractivity (Wildman–Crippen MR) is 80.8 cm³/mol. The Bertz CT molecular complexity index is 383. The van der Waals surface area contributed by atoms with Crippen LogP contribution in [-0.4, -0.2) is 24.7 Å². The van der Waals surface area contributed by atoms with E-state index in [1.165, 1.54) is 28.4 Å². The molecular weight excluding hydrogens is 256 g/mol. The first-order valence-electron chi connectivity index (χ1n) is 7.47. The van der Waals surface area contributed by atoms with E-state index in [2.05, 4.69) is 26.1 Å². The van der Waals surface area contributed by atoms with E-state index >= 15 is 0 Å². The van der Waals surface area contributed by atoms with E-state index in [0.29, 0.717) is 11.8 Å². The van der Waals surface area contributed by atoms with Gasteiger partial charge in [0.2, 0.25) is 0 Å². The molecule has 2 heterocycles. The van der Waals surface area contributed by atoms with E-state index in [9.17, 15) is 0 Å². The Morgan fingerprint density at radius 2 is 2.32 bits per heavy atom. The number of hydrogen-bond acceptors (Lipinski definition) is 4. The Hall–Kier alpha value is -0.450. The van der Waals surface area contributed by atoms with Gasteiger partial charge in [0.25, 0.3) is 0 Å². The number of hydrogen-bond donors (Lipinski definition) is 1. The summed E-state index contributed by atoms with van der Waals surface area (Å²) < 4.78 is 5.58. The van der Waals surface area contributed by atoms with Gasteiger partial charge in [0.1, 0.15) is 0 Å². The van der Waals surface area contributed by atoms with Crippen LogP contribution in [0.25, 0.3) is 0 Å². The Morgan fingerprint density at radius 1 is 1.47 bits per heavy atom. The lowest BCUT2D eigenvalue weighted by molar-refractivity contribution is 0.0803. The summed E-state index contributed by atoms with van der Waals surface area (Å²) in [7, 11) is 0. The fourth-order valence-electron chi connectivity index (χ4n) is 2.40. The average Bonchev–Trinajstić information content (AvgIpc) is 2.83. The van der Waals surface area contributed by atoms with E-state index in [1.54, 1.807) is 0 Å². The second-order valence-corrected chi connectivity index (χ2v) is 6.83. The molecule has 1 unspecified atom stereocenters. The first-order chi connectivity index (χ1) is 9.20. The molecule has 0 aromatic carbocycles. The number of aromatic nitrogens is 1.